The molecule has 13 heavy (non-hydrogen) atoms. The van der Waals surface area contributed by atoms with Crippen molar-refractivity contribution in [2.75, 3.05) is 0 Å². The molecule has 0 aliphatic heterocycles. The molecule has 1 aromatic heterocycles. The van der Waals surface area contributed by atoms with E-state index in [4.69, 9.17) is 22.4 Å². The van der Waals surface area contributed by atoms with Gasteiger partial charge in [0.15, 0.2) is 0 Å². The van der Waals surface area contributed by atoms with Gasteiger partial charge in [-0.25, -0.2) is 0 Å². The number of thiophene rings is 1. The van der Waals surface area contributed by atoms with Gasteiger partial charge in [0.25, 0.3) is 0 Å². The summed E-state index contributed by atoms with van der Waals surface area (Å²) in [6.45, 7) is 3.63. The zero-order chi connectivity index (χ0) is 10.2. The Morgan fingerprint density at radius 3 is 2.46 bits per heavy atom. The third-order valence-corrected chi connectivity index (χ3v) is 3.79. The van der Waals surface area contributed by atoms with Crippen LogP contribution in [0.2, 0.25) is 5.02 Å². The SMILES string of the molecule is Cc1sc(C(N)C(=O)O)c(C)c1Cl. The van der Waals surface area contributed by atoms with Gasteiger partial charge in [-0.05, 0) is 19.4 Å². The Balaban J connectivity index is 3.15. The maximum atomic E-state index is 10.6. The molecule has 0 amide bonds. The van der Waals surface area contributed by atoms with Crippen molar-refractivity contribution in [3.8, 4) is 0 Å². The highest BCUT2D eigenvalue weighted by atomic mass is 35.5. The van der Waals surface area contributed by atoms with Crippen LogP contribution in [0.3, 0.4) is 0 Å². The lowest BCUT2D eigenvalue weighted by atomic mass is 10.2. The summed E-state index contributed by atoms with van der Waals surface area (Å²) in [5, 5.41) is 9.32. The summed E-state index contributed by atoms with van der Waals surface area (Å²) in [6, 6.07) is -0.962. The van der Waals surface area contributed by atoms with Gasteiger partial charge in [0.1, 0.15) is 6.04 Å². The Hall–Kier alpha value is -0.580. The molecule has 0 aromatic carbocycles. The molecule has 0 bridgehead atoms. The smallest absolute Gasteiger partial charge is 0.325 e. The molecule has 72 valence electrons. The molecule has 0 spiro atoms. The van der Waals surface area contributed by atoms with Gasteiger partial charge >= 0.3 is 5.97 Å². The third-order valence-electron chi connectivity index (χ3n) is 1.82. The van der Waals surface area contributed by atoms with Gasteiger partial charge in [0.2, 0.25) is 0 Å². The van der Waals surface area contributed by atoms with Crippen LogP contribution in [0.1, 0.15) is 21.4 Å². The fourth-order valence-corrected chi connectivity index (χ4v) is 2.40. The highest BCUT2D eigenvalue weighted by Gasteiger charge is 2.21. The van der Waals surface area contributed by atoms with E-state index >= 15 is 0 Å². The van der Waals surface area contributed by atoms with Gasteiger partial charge in [-0.2, -0.15) is 0 Å². The van der Waals surface area contributed by atoms with E-state index in [1.54, 1.807) is 6.92 Å². The second kappa shape index (κ2) is 3.65. The van der Waals surface area contributed by atoms with Crippen molar-refractivity contribution in [2.45, 2.75) is 19.9 Å². The molecule has 1 aromatic rings. The van der Waals surface area contributed by atoms with Gasteiger partial charge in [-0.3, -0.25) is 4.79 Å². The minimum Gasteiger partial charge on any atom is -0.480 e. The van der Waals surface area contributed by atoms with Crippen LogP contribution in [-0.2, 0) is 4.79 Å². The van der Waals surface area contributed by atoms with Gasteiger partial charge in [0.05, 0.1) is 5.02 Å². The topological polar surface area (TPSA) is 63.3 Å². The zero-order valence-corrected chi connectivity index (χ0v) is 8.87. The van der Waals surface area contributed by atoms with Crippen LogP contribution >= 0.6 is 22.9 Å². The fraction of sp³-hybridized carbons (Fsp3) is 0.375. The van der Waals surface area contributed by atoms with E-state index in [9.17, 15) is 4.79 Å². The lowest BCUT2D eigenvalue weighted by Gasteiger charge is -2.03. The number of hydrogen-bond donors (Lipinski definition) is 2. The molecule has 0 fully saturated rings. The van der Waals surface area contributed by atoms with Gasteiger partial charge < -0.3 is 10.8 Å². The minimum atomic E-state index is -1.03. The first-order chi connectivity index (χ1) is 5.95. The lowest BCUT2D eigenvalue weighted by molar-refractivity contribution is -0.138. The zero-order valence-electron chi connectivity index (χ0n) is 7.30. The lowest BCUT2D eigenvalue weighted by Crippen LogP contribution is -2.20. The average Bonchev–Trinajstić information content (AvgIpc) is 2.31. The van der Waals surface area contributed by atoms with Crippen LogP contribution in [0.25, 0.3) is 0 Å². The molecule has 0 aliphatic rings. The molecule has 0 saturated carbocycles. The Bertz CT molecular complexity index is 348. The van der Waals surface area contributed by atoms with Gasteiger partial charge in [-0.1, -0.05) is 11.6 Å². The summed E-state index contributed by atoms with van der Waals surface area (Å²) in [4.78, 5) is 12.2. The Morgan fingerprint density at radius 1 is 1.62 bits per heavy atom. The number of rotatable bonds is 2. The van der Waals surface area contributed by atoms with E-state index < -0.39 is 12.0 Å². The molecule has 1 rings (SSSR count). The van der Waals surface area contributed by atoms with E-state index in [2.05, 4.69) is 0 Å². The monoisotopic (exact) mass is 219 g/mol. The van der Waals surface area contributed by atoms with Crippen LogP contribution in [0, 0.1) is 13.8 Å². The summed E-state index contributed by atoms with van der Waals surface area (Å²) in [5.74, 6) is -1.03. The summed E-state index contributed by atoms with van der Waals surface area (Å²) >= 11 is 7.25. The molecule has 0 aliphatic carbocycles. The van der Waals surface area contributed by atoms with E-state index in [0.29, 0.717) is 9.90 Å². The molecular formula is C8H10ClNO2S. The van der Waals surface area contributed by atoms with Crippen molar-refractivity contribution < 1.29 is 9.90 Å². The molecule has 1 atom stereocenters. The molecule has 3 nitrogen and oxygen atoms in total. The Morgan fingerprint density at radius 2 is 2.15 bits per heavy atom. The third kappa shape index (κ3) is 1.85. The fourth-order valence-electron chi connectivity index (χ4n) is 1.07. The average molecular weight is 220 g/mol. The molecule has 0 radical (unpaired) electrons. The van der Waals surface area contributed by atoms with Crippen molar-refractivity contribution in [2.24, 2.45) is 5.73 Å². The second-order valence-electron chi connectivity index (χ2n) is 2.78. The van der Waals surface area contributed by atoms with Crippen molar-refractivity contribution in [3.63, 3.8) is 0 Å². The quantitative estimate of drug-likeness (QED) is 0.801. The molecule has 5 heteroatoms. The second-order valence-corrected chi connectivity index (χ2v) is 4.41. The highest BCUT2D eigenvalue weighted by molar-refractivity contribution is 7.13. The van der Waals surface area contributed by atoms with Crippen LogP contribution in [0.5, 0.6) is 0 Å². The Labute approximate surface area is 85.1 Å². The minimum absolute atomic E-state index is 0.622. The number of carboxylic acids is 1. The predicted octanol–water partition coefficient (Wildman–Crippen LogP) is 2.10. The van der Waals surface area contributed by atoms with Crippen molar-refractivity contribution in [1.82, 2.24) is 0 Å². The van der Waals surface area contributed by atoms with Crippen molar-refractivity contribution in [1.29, 1.82) is 0 Å². The van der Waals surface area contributed by atoms with Crippen LogP contribution < -0.4 is 5.73 Å². The standard InChI is InChI=1S/C8H10ClNO2S/c1-3-5(9)4(2)13-7(3)6(10)8(11)12/h6H,10H2,1-2H3,(H,11,12). The van der Waals surface area contributed by atoms with E-state index in [-0.39, 0.29) is 0 Å². The first-order valence-corrected chi connectivity index (χ1v) is 4.88. The van der Waals surface area contributed by atoms with Crippen molar-refractivity contribution >= 4 is 28.9 Å². The van der Waals surface area contributed by atoms with E-state index in [1.165, 1.54) is 11.3 Å². The van der Waals surface area contributed by atoms with Gasteiger partial charge in [-0.15, -0.1) is 11.3 Å². The number of hydrogen-bond acceptors (Lipinski definition) is 3. The van der Waals surface area contributed by atoms with Gasteiger partial charge in [0, 0.05) is 9.75 Å². The van der Waals surface area contributed by atoms with Crippen LogP contribution in [0.4, 0.5) is 0 Å². The molecule has 1 heterocycles. The van der Waals surface area contributed by atoms with Crippen LogP contribution in [0.15, 0.2) is 0 Å². The number of carboxylic acid groups (broad SMARTS) is 1. The number of aryl methyl sites for hydroxylation is 1. The van der Waals surface area contributed by atoms with E-state index in [0.717, 1.165) is 10.4 Å². The number of aliphatic carboxylic acids is 1. The number of halogens is 1. The summed E-state index contributed by atoms with van der Waals surface area (Å²) in [7, 11) is 0. The van der Waals surface area contributed by atoms with E-state index in [1.807, 2.05) is 6.92 Å². The predicted molar refractivity (Wildman–Crippen MR) is 53.4 cm³/mol. The summed E-state index contributed by atoms with van der Waals surface area (Å²) in [6.07, 6.45) is 0. The molecule has 0 saturated heterocycles. The summed E-state index contributed by atoms with van der Waals surface area (Å²) < 4.78 is 0. The van der Waals surface area contributed by atoms with Crippen LogP contribution in [-0.4, -0.2) is 11.1 Å². The number of carbonyl (C=O) groups is 1. The first-order valence-electron chi connectivity index (χ1n) is 3.69. The summed E-state index contributed by atoms with van der Waals surface area (Å²) in [5.41, 5.74) is 6.25. The maximum Gasteiger partial charge on any atom is 0.325 e. The molecule has 3 N–H and O–H groups in total. The maximum absolute atomic E-state index is 10.6. The molecular weight excluding hydrogens is 210 g/mol. The first kappa shape index (κ1) is 10.5. The largest absolute Gasteiger partial charge is 0.480 e. The van der Waals surface area contributed by atoms with Crippen molar-refractivity contribution in [3.05, 3.63) is 20.3 Å². The molecule has 1 unspecified atom stereocenters. The normalized spacial score (nSPS) is 12.9. The Kier molecular flexibility index (Phi) is 2.95. The number of nitrogens with two attached hydrogens (primary N) is 1. The highest BCUT2D eigenvalue weighted by Crippen LogP contribution is 2.34.